The Morgan fingerprint density at radius 1 is 1.32 bits per heavy atom. The van der Waals surface area contributed by atoms with E-state index in [9.17, 15) is 10.1 Å². The van der Waals surface area contributed by atoms with E-state index in [2.05, 4.69) is 33.1 Å². The fraction of sp³-hybridized carbons (Fsp3) is 0.571. The van der Waals surface area contributed by atoms with Gasteiger partial charge >= 0.3 is 0 Å². The second-order valence-electron chi connectivity index (χ2n) is 6.28. The molecule has 5 nitrogen and oxygen atoms in total. The van der Waals surface area contributed by atoms with Gasteiger partial charge in [-0.25, -0.2) is 4.59 Å². The summed E-state index contributed by atoms with van der Waals surface area (Å²) in [5.41, 5.74) is 1.41. The summed E-state index contributed by atoms with van der Waals surface area (Å²) in [5.74, 6) is 0. The van der Waals surface area contributed by atoms with E-state index in [4.69, 9.17) is 0 Å². The van der Waals surface area contributed by atoms with Crippen LogP contribution in [0.5, 0.6) is 0 Å². The molecule has 1 aromatic carbocycles. The van der Waals surface area contributed by atoms with Crippen LogP contribution in [0.4, 0.5) is 5.69 Å². The second-order valence-corrected chi connectivity index (χ2v) is 6.28. The van der Waals surface area contributed by atoms with E-state index in [1.54, 1.807) is 12.1 Å². The van der Waals surface area contributed by atoms with E-state index < -0.39 is 0 Å². The molecule has 0 N–H and O–H groups in total. The molecule has 0 amide bonds. The minimum Gasteiger partial charge on any atom is -0.258 e. The SMILES string of the molecule is CN1CC(C)(c2ccc([N+](=O)[O-])cc2)CC[N+]1(C)C. The molecule has 1 heterocycles. The van der Waals surface area contributed by atoms with Gasteiger partial charge in [-0.3, -0.25) is 10.1 Å². The molecule has 0 saturated carbocycles. The first-order valence-corrected chi connectivity index (χ1v) is 6.54. The Balaban J connectivity index is 2.24. The van der Waals surface area contributed by atoms with Gasteiger partial charge < -0.3 is 0 Å². The summed E-state index contributed by atoms with van der Waals surface area (Å²) < 4.78 is 0.891. The molecular formula is C14H22N3O2+. The zero-order valence-electron chi connectivity index (χ0n) is 12.1. The highest BCUT2D eigenvalue weighted by molar-refractivity contribution is 5.36. The smallest absolute Gasteiger partial charge is 0.258 e. The fourth-order valence-corrected chi connectivity index (χ4v) is 2.69. The summed E-state index contributed by atoms with van der Waals surface area (Å²) in [6.45, 7) is 4.27. The molecule has 19 heavy (non-hydrogen) atoms. The van der Waals surface area contributed by atoms with Crippen molar-refractivity contribution < 1.29 is 9.52 Å². The third-order valence-electron chi connectivity index (χ3n) is 4.49. The molecule has 5 heteroatoms. The summed E-state index contributed by atoms with van der Waals surface area (Å²) in [6, 6.07) is 7.01. The van der Waals surface area contributed by atoms with Crippen LogP contribution in [-0.4, -0.2) is 48.8 Å². The topological polar surface area (TPSA) is 46.4 Å². The summed E-state index contributed by atoms with van der Waals surface area (Å²) in [6.07, 6.45) is 1.09. The van der Waals surface area contributed by atoms with Crippen molar-refractivity contribution in [3.8, 4) is 0 Å². The highest BCUT2D eigenvalue weighted by atomic mass is 16.6. The van der Waals surface area contributed by atoms with E-state index in [-0.39, 0.29) is 16.0 Å². The summed E-state index contributed by atoms with van der Waals surface area (Å²) in [7, 11) is 6.54. The molecule has 1 aliphatic heterocycles. The van der Waals surface area contributed by atoms with Gasteiger partial charge in [0.25, 0.3) is 5.69 Å². The van der Waals surface area contributed by atoms with Crippen LogP contribution in [0.1, 0.15) is 18.9 Å². The first kappa shape index (κ1) is 14.0. The number of nitrogens with zero attached hydrogens (tertiary/aromatic N) is 3. The number of likely N-dealkylation sites (N-methyl/N-ethyl adjacent to an activating group) is 1. The van der Waals surface area contributed by atoms with E-state index in [0.29, 0.717) is 0 Å². The molecule has 104 valence electrons. The number of nitro benzene ring substituents is 1. The van der Waals surface area contributed by atoms with E-state index in [0.717, 1.165) is 24.1 Å². The number of nitro groups is 1. The number of rotatable bonds is 2. The highest BCUT2D eigenvalue weighted by Crippen LogP contribution is 2.34. The van der Waals surface area contributed by atoms with Crippen molar-refractivity contribution in [3.63, 3.8) is 0 Å². The third kappa shape index (κ3) is 2.62. The molecule has 1 aliphatic rings. The lowest BCUT2D eigenvalue weighted by atomic mass is 9.77. The van der Waals surface area contributed by atoms with Crippen molar-refractivity contribution in [2.75, 3.05) is 34.2 Å². The van der Waals surface area contributed by atoms with E-state index in [1.807, 2.05) is 12.1 Å². The molecule has 0 spiro atoms. The quantitative estimate of drug-likeness (QED) is 0.467. The first-order valence-electron chi connectivity index (χ1n) is 6.54. The summed E-state index contributed by atoms with van der Waals surface area (Å²) in [5, 5.41) is 13.0. The standard InChI is InChI=1S/C14H22N3O2/c1-14(9-10-17(3,4)15(2)11-14)12-5-7-13(8-6-12)16(18)19/h5-8H,9-11H2,1-4H3/q+1. The lowest BCUT2D eigenvalue weighted by molar-refractivity contribution is -1.01. The average molecular weight is 264 g/mol. The maximum Gasteiger partial charge on any atom is 0.269 e. The normalized spacial score (nSPS) is 27.2. The van der Waals surface area contributed by atoms with Gasteiger partial charge in [0.05, 0.1) is 32.1 Å². The Kier molecular flexibility index (Phi) is 3.36. The van der Waals surface area contributed by atoms with Crippen molar-refractivity contribution in [3.05, 3.63) is 39.9 Å². The predicted octanol–water partition coefficient (Wildman–Crippen LogP) is 2.18. The maximum absolute atomic E-state index is 10.7. The van der Waals surface area contributed by atoms with Crippen molar-refractivity contribution in [1.82, 2.24) is 5.01 Å². The summed E-state index contributed by atoms with van der Waals surface area (Å²) >= 11 is 0. The number of hydrogen-bond donors (Lipinski definition) is 0. The van der Waals surface area contributed by atoms with Crippen molar-refractivity contribution >= 4 is 5.69 Å². The van der Waals surface area contributed by atoms with Crippen LogP contribution < -0.4 is 0 Å². The van der Waals surface area contributed by atoms with Crippen LogP contribution >= 0.6 is 0 Å². The molecule has 1 fully saturated rings. The minimum absolute atomic E-state index is 0.0671. The molecule has 2 rings (SSSR count). The van der Waals surface area contributed by atoms with Gasteiger partial charge in [-0.15, -0.1) is 0 Å². The van der Waals surface area contributed by atoms with Gasteiger partial charge in [-0.05, 0) is 5.56 Å². The Labute approximate surface area is 114 Å². The van der Waals surface area contributed by atoms with Gasteiger partial charge in [0.15, 0.2) is 0 Å². The molecule has 1 aromatic rings. The molecule has 1 unspecified atom stereocenters. The molecule has 0 bridgehead atoms. The molecule has 1 saturated heterocycles. The van der Waals surface area contributed by atoms with Gasteiger partial charge in [0, 0.05) is 31.0 Å². The fourth-order valence-electron chi connectivity index (χ4n) is 2.69. The van der Waals surface area contributed by atoms with E-state index >= 15 is 0 Å². The van der Waals surface area contributed by atoms with Crippen LogP contribution in [0, 0.1) is 10.1 Å². The first-order chi connectivity index (χ1) is 8.74. The minimum atomic E-state index is -0.348. The van der Waals surface area contributed by atoms with Crippen molar-refractivity contribution in [1.29, 1.82) is 0 Å². The maximum atomic E-state index is 10.7. The monoisotopic (exact) mass is 264 g/mol. The largest absolute Gasteiger partial charge is 0.269 e. The molecule has 0 aliphatic carbocycles. The molecule has 1 atom stereocenters. The predicted molar refractivity (Wildman–Crippen MR) is 74.7 cm³/mol. The highest BCUT2D eigenvalue weighted by Gasteiger charge is 2.40. The lowest BCUT2D eigenvalue weighted by Gasteiger charge is -2.48. The number of non-ortho nitro benzene ring substituents is 1. The zero-order chi connectivity index (χ0) is 14.3. The molecule has 0 aromatic heterocycles. The number of quaternary nitrogens is 1. The van der Waals surface area contributed by atoms with Gasteiger partial charge in [0.1, 0.15) is 0 Å². The van der Waals surface area contributed by atoms with Crippen LogP contribution in [0.2, 0.25) is 0 Å². The second kappa shape index (κ2) is 4.58. The van der Waals surface area contributed by atoms with Crippen LogP contribution in [0.15, 0.2) is 24.3 Å². The third-order valence-corrected chi connectivity index (χ3v) is 4.49. The Hall–Kier alpha value is -1.46. The summed E-state index contributed by atoms with van der Waals surface area (Å²) in [4.78, 5) is 10.4. The van der Waals surface area contributed by atoms with E-state index in [1.165, 1.54) is 5.56 Å². The Morgan fingerprint density at radius 3 is 2.37 bits per heavy atom. The Morgan fingerprint density at radius 2 is 1.89 bits per heavy atom. The zero-order valence-corrected chi connectivity index (χ0v) is 12.1. The lowest BCUT2D eigenvalue weighted by Crippen LogP contribution is -2.62. The van der Waals surface area contributed by atoms with Crippen molar-refractivity contribution in [2.45, 2.75) is 18.8 Å². The van der Waals surface area contributed by atoms with Gasteiger partial charge in [-0.2, -0.15) is 5.01 Å². The van der Waals surface area contributed by atoms with Crippen LogP contribution in [-0.2, 0) is 5.41 Å². The number of hydrogen-bond acceptors (Lipinski definition) is 3. The number of benzene rings is 1. The van der Waals surface area contributed by atoms with Gasteiger partial charge in [-0.1, -0.05) is 19.1 Å². The van der Waals surface area contributed by atoms with Crippen LogP contribution in [0.25, 0.3) is 0 Å². The van der Waals surface area contributed by atoms with Crippen LogP contribution in [0.3, 0.4) is 0 Å². The Bertz CT molecular complexity index is 484. The molecule has 0 radical (unpaired) electrons. The average Bonchev–Trinajstić information content (AvgIpc) is 2.35. The van der Waals surface area contributed by atoms with Gasteiger partial charge in [0.2, 0.25) is 0 Å². The van der Waals surface area contributed by atoms with Crippen molar-refractivity contribution in [2.24, 2.45) is 0 Å². The molecular weight excluding hydrogens is 242 g/mol.